The second kappa shape index (κ2) is 7.66. The molecule has 0 radical (unpaired) electrons. The maximum atomic E-state index is 11.1. The predicted molar refractivity (Wildman–Crippen MR) is 67.6 cm³/mol. The number of hydrogen-bond donors (Lipinski definition) is 2. The Labute approximate surface area is 99.6 Å². The lowest BCUT2D eigenvalue weighted by Gasteiger charge is -2.27. The highest BCUT2D eigenvalue weighted by atomic mass is 16.4. The number of nitrogens with one attached hydrogen (secondary N) is 1. The summed E-state index contributed by atoms with van der Waals surface area (Å²) in [5, 5.41) is 12.3. The summed E-state index contributed by atoms with van der Waals surface area (Å²) in [4.78, 5) is 11.1. The van der Waals surface area contributed by atoms with Crippen LogP contribution in [-0.2, 0) is 4.79 Å². The van der Waals surface area contributed by atoms with Crippen molar-refractivity contribution in [1.29, 1.82) is 0 Å². The molecule has 3 nitrogen and oxygen atoms in total. The molecule has 2 unspecified atom stereocenters. The van der Waals surface area contributed by atoms with Crippen molar-refractivity contribution in [3.63, 3.8) is 0 Å². The van der Waals surface area contributed by atoms with E-state index >= 15 is 0 Å². The molecule has 0 rings (SSSR count). The molecule has 0 aromatic heterocycles. The molecule has 0 aliphatic carbocycles. The van der Waals surface area contributed by atoms with Crippen molar-refractivity contribution in [3.8, 4) is 0 Å². The largest absolute Gasteiger partial charge is 0.480 e. The van der Waals surface area contributed by atoms with Gasteiger partial charge < -0.3 is 10.4 Å². The summed E-state index contributed by atoms with van der Waals surface area (Å²) in [5.41, 5.74) is -0.764. The van der Waals surface area contributed by atoms with Gasteiger partial charge in [-0.15, -0.1) is 0 Å². The highest BCUT2D eigenvalue weighted by molar-refractivity contribution is 5.78. The first-order valence-corrected chi connectivity index (χ1v) is 6.48. The van der Waals surface area contributed by atoms with Gasteiger partial charge in [0, 0.05) is 0 Å². The van der Waals surface area contributed by atoms with Crippen LogP contribution in [0.5, 0.6) is 0 Å². The molecule has 3 heteroatoms. The minimum Gasteiger partial charge on any atom is -0.480 e. The van der Waals surface area contributed by atoms with Gasteiger partial charge in [0.25, 0.3) is 0 Å². The van der Waals surface area contributed by atoms with Gasteiger partial charge in [-0.25, -0.2) is 0 Å². The number of carboxylic acids is 1. The molecule has 0 saturated carbocycles. The molecule has 0 aliphatic heterocycles. The van der Waals surface area contributed by atoms with Crippen molar-refractivity contribution in [3.05, 3.63) is 0 Å². The van der Waals surface area contributed by atoms with E-state index in [9.17, 15) is 4.79 Å². The van der Waals surface area contributed by atoms with Gasteiger partial charge in [0.2, 0.25) is 0 Å². The monoisotopic (exact) mass is 229 g/mol. The third-order valence-corrected chi connectivity index (χ3v) is 3.50. The van der Waals surface area contributed by atoms with Crippen LogP contribution in [0.1, 0.15) is 59.8 Å². The lowest BCUT2D eigenvalue weighted by atomic mass is 9.95. The Morgan fingerprint density at radius 1 is 1.38 bits per heavy atom. The van der Waals surface area contributed by atoms with Crippen molar-refractivity contribution in [2.45, 2.75) is 65.3 Å². The first-order chi connectivity index (χ1) is 7.50. The standard InChI is InChI=1S/C13H27NO2/c1-5-8-9-11(6-2)10-14-13(4,7-3)12(15)16/h11,14H,5-10H2,1-4H3,(H,15,16). The SMILES string of the molecule is CCCCC(CC)CNC(C)(CC)C(=O)O. The Balaban J connectivity index is 4.12. The van der Waals surface area contributed by atoms with Crippen LogP contribution in [0.15, 0.2) is 0 Å². The molecular weight excluding hydrogens is 202 g/mol. The van der Waals surface area contributed by atoms with Gasteiger partial charge in [-0.2, -0.15) is 0 Å². The summed E-state index contributed by atoms with van der Waals surface area (Å²) >= 11 is 0. The van der Waals surface area contributed by atoms with E-state index in [1.807, 2.05) is 6.92 Å². The third kappa shape index (κ3) is 4.97. The van der Waals surface area contributed by atoms with E-state index in [0.717, 1.165) is 13.0 Å². The fourth-order valence-corrected chi connectivity index (χ4v) is 1.66. The first kappa shape index (κ1) is 15.4. The van der Waals surface area contributed by atoms with Crippen molar-refractivity contribution in [2.75, 3.05) is 6.54 Å². The molecule has 0 aliphatic rings. The Kier molecular flexibility index (Phi) is 7.39. The summed E-state index contributed by atoms with van der Waals surface area (Å²) in [7, 11) is 0. The summed E-state index contributed by atoms with van der Waals surface area (Å²) in [6.45, 7) is 8.85. The number of unbranched alkanes of at least 4 members (excludes halogenated alkanes) is 1. The number of rotatable bonds is 9. The van der Waals surface area contributed by atoms with Crippen LogP contribution in [0.25, 0.3) is 0 Å². The molecule has 16 heavy (non-hydrogen) atoms. The summed E-state index contributed by atoms with van der Waals surface area (Å²) in [6.07, 6.45) is 5.37. The third-order valence-electron chi connectivity index (χ3n) is 3.50. The van der Waals surface area contributed by atoms with Crippen molar-refractivity contribution in [1.82, 2.24) is 5.32 Å². The van der Waals surface area contributed by atoms with Crippen LogP contribution in [0, 0.1) is 5.92 Å². The Morgan fingerprint density at radius 2 is 2.00 bits per heavy atom. The molecule has 0 spiro atoms. The lowest BCUT2D eigenvalue weighted by Crippen LogP contribution is -2.50. The van der Waals surface area contributed by atoms with Crippen LogP contribution in [0.3, 0.4) is 0 Å². The Morgan fingerprint density at radius 3 is 2.38 bits per heavy atom. The quantitative estimate of drug-likeness (QED) is 0.639. The fourth-order valence-electron chi connectivity index (χ4n) is 1.66. The highest BCUT2D eigenvalue weighted by Gasteiger charge is 2.30. The molecule has 0 aromatic carbocycles. The molecule has 96 valence electrons. The lowest BCUT2D eigenvalue weighted by molar-refractivity contribution is -0.144. The second-order valence-electron chi connectivity index (χ2n) is 4.79. The Hall–Kier alpha value is -0.570. The van der Waals surface area contributed by atoms with Gasteiger partial charge in [-0.1, -0.05) is 40.0 Å². The van der Waals surface area contributed by atoms with E-state index in [1.54, 1.807) is 6.92 Å². The van der Waals surface area contributed by atoms with E-state index in [0.29, 0.717) is 12.3 Å². The molecule has 2 atom stereocenters. The summed E-state index contributed by atoms with van der Waals surface area (Å²) in [6, 6.07) is 0. The van der Waals surface area contributed by atoms with Crippen LogP contribution < -0.4 is 5.32 Å². The molecule has 0 amide bonds. The maximum absolute atomic E-state index is 11.1. The van der Waals surface area contributed by atoms with Gasteiger partial charge in [-0.3, -0.25) is 4.79 Å². The molecule has 0 fully saturated rings. The average Bonchev–Trinajstić information content (AvgIpc) is 2.28. The first-order valence-electron chi connectivity index (χ1n) is 6.48. The number of carbonyl (C=O) groups is 1. The van der Waals surface area contributed by atoms with E-state index in [-0.39, 0.29) is 0 Å². The van der Waals surface area contributed by atoms with Gasteiger partial charge in [0.1, 0.15) is 5.54 Å². The number of aliphatic carboxylic acids is 1. The molecule has 0 saturated heterocycles. The van der Waals surface area contributed by atoms with Crippen molar-refractivity contribution in [2.24, 2.45) is 5.92 Å². The van der Waals surface area contributed by atoms with E-state index in [4.69, 9.17) is 5.11 Å². The van der Waals surface area contributed by atoms with Crippen LogP contribution >= 0.6 is 0 Å². The summed E-state index contributed by atoms with van der Waals surface area (Å²) < 4.78 is 0. The molecule has 0 heterocycles. The van der Waals surface area contributed by atoms with E-state index in [2.05, 4.69) is 19.2 Å². The normalized spacial score (nSPS) is 16.8. The zero-order valence-corrected chi connectivity index (χ0v) is 11.2. The van der Waals surface area contributed by atoms with Gasteiger partial charge >= 0.3 is 5.97 Å². The zero-order valence-electron chi connectivity index (χ0n) is 11.2. The smallest absolute Gasteiger partial charge is 0.323 e. The topological polar surface area (TPSA) is 49.3 Å². The minimum atomic E-state index is -0.764. The Bertz CT molecular complexity index is 206. The van der Waals surface area contributed by atoms with Gasteiger partial charge in [0.15, 0.2) is 0 Å². The average molecular weight is 229 g/mol. The minimum absolute atomic E-state index is 0.602. The van der Waals surface area contributed by atoms with Crippen LogP contribution in [0.2, 0.25) is 0 Å². The molecule has 2 N–H and O–H groups in total. The zero-order chi connectivity index (χ0) is 12.6. The fraction of sp³-hybridized carbons (Fsp3) is 0.923. The molecule has 0 aromatic rings. The van der Waals surface area contributed by atoms with Crippen LogP contribution in [0.4, 0.5) is 0 Å². The highest BCUT2D eigenvalue weighted by Crippen LogP contribution is 2.15. The summed E-state index contributed by atoms with van der Waals surface area (Å²) in [5.74, 6) is -0.148. The maximum Gasteiger partial charge on any atom is 0.323 e. The van der Waals surface area contributed by atoms with Crippen LogP contribution in [-0.4, -0.2) is 23.2 Å². The molecule has 0 bridgehead atoms. The van der Waals surface area contributed by atoms with Gasteiger partial charge in [-0.05, 0) is 32.2 Å². The number of carboxylic acid groups (broad SMARTS) is 1. The molecular formula is C13H27NO2. The van der Waals surface area contributed by atoms with E-state index < -0.39 is 11.5 Å². The van der Waals surface area contributed by atoms with Crippen molar-refractivity contribution < 1.29 is 9.90 Å². The predicted octanol–water partition coefficient (Wildman–Crippen LogP) is 3.05. The van der Waals surface area contributed by atoms with Gasteiger partial charge in [0.05, 0.1) is 0 Å². The second-order valence-corrected chi connectivity index (χ2v) is 4.79. The van der Waals surface area contributed by atoms with Crippen molar-refractivity contribution >= 4 is 5.97 Å². The van der Waals surface area contributed by atoms with E-state index in [1.165, 1.54) is 19.3 Å². The number of hydrogen-bond acceptors (Lipinski definition) is 2.